The van der Waals surface area contributed by atoms with Gasteiger partial charge in [0.2, 0.25) is 5.91 Å². The van der Waals surface area contributed by atoms with Crippen LogP contribution in [0.15, 0.2) is 47.9 Å². The van der Waals surface area contributed by atoms with E-state index in [1.54, 1.807) is 11.3 Å². The van der Waals surface area contributed by atoms with Gasteiger partial charge in [-0.3, -0.25) is 4.79 Å². The second-order valence-electron chi connectivity index (χ2n) is 6.59. The summed E-state index contributed by atoms with van der Waals surface area (Å²) >= 11 is 1.64. The molecule has 1 amide bonds. The van der Waals surface area contributed by atoms with Gasteiger partial charge < -0.3 is 4.90 Å². The van der Waals surface area contributed by atoms with Crippen molar-refractivity contribution in [2.24, 2.45) is 17.8 Å². The van der Waals surface area contributed by atoms with E-state index < -0.39 is 0 Å². The Morgan fingerprint density at radius 2 is 2.09 bits per heavy atom. The first-order valence-corrected chi connectivity index (χ1v) is 9.02. The molecule has 2 aromatic rings. The molecule has 0 saturated heterocycles. The third-order valence-electron chi connectivity index (χ3n) is 4.94. The summed E-state index contributed by atoms with van der Waals surface area (Å²) in [7, 11) is 1.90. The van der Waals surface area contributed by atoms with Gasteiger partial charge in [0, 0.05) is 23.9 Å². The molecule has 4 rings (SSSR count). The standard InChI is InChI=1S/C19H20N2OS/c1-21(19(22)17-10-13-7-8-15(17)9-13)11-16-12-23-18(20-16)14-5-3-2-4-6-14/h2-8,12-13,15,17H,9-11H2,1H3/t13-,15+,17-/m1/s1. The lowest BCUT2D eigenvalue weighted by atomic mass is 9.92. The molecule has 0 aliphatic heterocycles. The maximum Gasteiger partial charge on any atom is 0.226 e. The molecule has 4 heteroatoms. The largest absolute Gasteiger partial charge is 0.340 e. The predicted molar refractivity (Wildman–Crippen MR) is 92.9 cm³/mol. The number of rotatable bonds is 4. The maximum atomic E-state index is 12.7. The molecule has 1 aromatic carbocycles. The zero-order valence-electron chi connectivity index (χ0n) is 13.2. The van der Waals surface area contributed by atoms with E-state index in [0.717, 1.165) is 22.7 Å². The zero-order valence-corrected chi connectivity index (χ0v) is 14.0. The third-order valence-corrected chi connectivity index (χ3v) is 5.88. The van der Waals surface area contributed by atoms with E-state index in [0.29, 0.717) is 18.4 Å². The van der Waals surface area contributed by atoms with Crippen LogP contribution in [0.1, 0.15) is 18.5 Å². The topological polar surface area (TPSA) is 33.2 Å². The SMILES string of the molecule is CN(Cc1csc(-c2ccccc2)n1)C(=O)[C@@H]1C[C@@H]2C=C[C@H]1C2. The van der Waals surface area contributed by atoms with Gasteiger partial charge in [-0.25, -0.2) is 4.98 Å². The predicted octanol–water partition coefficient (Wildman–Crippen LogP) is 3.98. The van der Waals surface area contributed by atoms with Gasteiger partial charge in [0.15, 0.2) is 0 Å². The number of aromatic nitrogens is 1. The van der Waals surface area contributed by atoms with Crippen LogP contribution in [-0.4, -0.2) is 22.8 Å². The van der Waals surface area contributed by atoms with Crippen LogP contribution < -0.4 is 0 Å². The molecule has 1 saturated carbocycles. The van der Waals surface area contributed by atoms with Crippen molar-refractivity contribution in [3.63, 3.8) is 0 Å². The summed E-state index contributed by atoms with van der Waals surface area (Å²) in [6, 6.07) is 10.2. The van der Waals surface area contributed by atoms with Crippen LogP contribution in [0.2, 0.25) is 0 Å². The number of benzene rings is 1. The normalized spacial score (nSPS) is 25.0. The van der Waals surface area contributed by atoms with Crippen molar-refractivity contribution in [3.05, 3.63) is 53.6 Å². The highest BCUT2D eigenvalue weighted by Gasteiger charge is 2.40. The minimum absolute atomic E-state index is 0.183. The highest BCUT2D eigenvalue weighted by molar-refractivity contribution is 7.13. The fourth-order valence-corrected chi connectivity index (χ4v) is 4.58. The Morgan fingerprint density at radius 3 is 2.78 bits per heavy atom. The van der Waals surface area contributed by atoms with E-state index >= 15 is 0 Å². The molecule has 3 atom stereocenters. The number of amides is 1. The van der Waals surface area contributed by atoms with Gasteiger partial charge in [-0.05, 0) is 24.7 Å². The number of nitrogens with zero attached hydrogens (tertiary/aromatic N) is 2. The quantitative estimate of drug-likeness (QED) is 0.797. The van der Waals surface area contributed by atoms with E-state index in [1.807, 2.05) is 30.1 Å². The van der Waals surface area contributed by atoms with Gasteiger partial charge in [-0.15, -0.1) is 11.3 Å². The average molecular weight is 324 g/mol. The van der Waals surface area contributed by atoms with E-state index in [2.05, 4.69) is 34.6 Å². The lowest BCUT2D eigenvalue weighted by Crippen LogP contribution is -2.34. The molecule has 2 aliphatic carbocycles. The number of thiazole rings is 1. The first kappa shape index (κ1) is 14.6. The van der Waals surface area contributed by atoms with Crippen LogP contribution in [0.5, 0.6) is 0 Å². The number of hydrogen-bond donors (Lipinski definition) is 0. The van der Waals surface area contributed by atoms with E-state index in [4.69, 9.17) is 0 Å². The highest BCUT2D eigenvalue weighted by atomic mass is 32.1. The summed E-state index contributed by atoms with van der Waals surface area (Å²) in [6.45, 7) is 0.597. The van der Waals surface area contributed by atoms with Crippen LogP contribution >= 0.6 is 11.3 Å². The van der Waals surface area contributed by atoms with Gasteiger partial charge in [0.1, 0.15) is 5.01 Å². The van der Waals surface area contributed by atoms with Crippen molar-refractivity contribution in [2.75, 3.05) is 7.05 Å². The lowest BCUT2D eigenvalue weighted by molar-refractivity contribution is -0.135. The van der Waals surface area contributed by atoms with Gasteiger partial charge in [-0.1, -0.05) is 42.5 Å². The Bertz CT molecular complexity index is 737. The number of fused-ring (bicyclic) bond motifs is 2. The molecule has 1 aromatic heterocycles. The van der Waals surface area contributed by atoms with Crippen molar-refractivity contribution >= 4 is 17.2 Å². The van der Waals surface area contributed by atoms with Crippen LogP contribution in [0.25, 0.3) is 10.6 Å². The summed E-state index contributed by atoms with van der Waals surface area (Å²) < 4.78 is 0. The molecule has 0 unspecified atom stereocenters. The minimum atomic E-state index is 0.183. The van der Waals surface area contributed by atoms with Gasteiger partial charge in [-0.2, -0.15) is 0 Å². The lowest BCUT2D eigenvalue weighted by Gasteiger charge is -2.24. The van der Waals surface area contributed by atoms with Crippen molar-refractivity contribution in [1.82, 2.24) is 9.88 Å². The second kappa shape index (κ2) is 5.93. The summed E-state index contributed by atoms with van der Waals surface area (Å²) in [5.41, 5.74) is 2.11. The van der Waals surface area contributed by atoms with E-state index in [-0.39, 0.29) is 11.8 Å². The molecule has 3 nitrogen and oxygen atoms in total. The molecule has 2 bridgehead atoms. The number of allylic oxidation sites excluding steroid dienone is 2. The monoisotopic (exact) mass is 324 g/mol. The summed E-state index contributed by atoms with van der Waals surface area (Å²) in [4.78, 5) is 19.2. The number of hydrogen-bond acceptors (Lipinski definition) is 3. The zero-order chi connectivity index (χ0) is 15.8. The molecule has 0 N–H and O–H groups in total. The second-order valence-corrected chi connectivity index (χ2v) is 7.45. The first-order valence-electron chi connectivity index (χ1n) is 8.14. The van der Waals surface area contributed by atoms with E-state index in [9.17, 15) is 4.79 Å². The van der Waals surface area contributed by atoms with Crippen LogP contribution in [0.4, 0.5) is 0 Å². The van der Waals surface area contributed by atoms with E-state index in [1.165, 1.54) is 6.42 Å². The van der Waals surface area contributed by atoms with Gasteiger partial charge in [0.05, 0.1) is 12.2 Å². The van der Waals surface area contributed by atoms with Crippen molar-refractivity contribution in [2.45, 2.75) is 19.4 Å². The van der Waals surface area contributed by atoms with Gasteiger partial charge in [0.25, 0.3) is 0 Å². The Morgan fingerprint density at radius 1 is 1.26 bits per heavy atom. The first-order chi connectivity index (χ1) is 11.2. The van der Waals surface area contributed by atoms with Crippen LogP contribution in [-0.2, 0) is 11.3 Å². The molecule has 2 aliphatic rings. The third kappa shape index (κ3) is 2.83. The molecule has 1 fully saturated rings. The molecular formula is C19H20N2OS. The summed E-state index contributed by atoms with van der Waals surface area (Å²) in [6.07, 6.45) is 6.71. The van der Waals surface area contributed by atoms with Gasteiger partial charge >= 0.3 is 0 Å². The fourth-order valence-electron chi connectivity index (χ4n) is 3.76. The Balaban J connectivity index is 1.43. The number of carbonyl (C=O) groups excluding carboxylic acids is 1. The molecule has 23 heavy (non-hydrogen) atoms. The molecule has 1 heterocycles. The Kier molecular flexibility index (Phi) is 3.77. The summed E-state index contributed by atoms with van der Waals surface area (Å²) in [5, 5.41) is 3.08. The summed E-state index contributed by atoms with van der Waals surface area (Å²) in [5.74, 6) is 1.55. The van der Waals surface area contributed by atoms with Crippen molar-refractivity contribution in [1.29, 1.82) is 0 Å². The molecular weight excluding hydrogens is 304 g/mol. The average Bonchev–Trinajstić information content (AvgIpc) is 3.31. The van der Waals surface area contributed by atoms with Crippen molar-refractivity contribution in [3.8, 4) is 10.6 Å². The van der Waals surface area contributed by atoms with Crippen LogP contribution in [0, 0.1) is 17.8 Å². The Hall–Kier alpha value is -1.94. The minimum Gasteiger partial charge on any atom is -0.340 e. The fraction of sp³-hybridized carbons (Fsp3) is 0.368. The molecule has 118 valence electrons. The number of carbonyl (C=O) groups is 1. The van der Waals surface area contributed by atoms with Crippen molar-refractivity contribution < 1.29 is 4.79 Å². The highest BCUT2D eigenvalue weighted by Crippen LogP contribution is 2.44. The maximum absolute atomic E-state index is 12.7. The molecule has 0 radical (unpaired) electrons. The van der Waals surface area contributed by atoms with Crippen LogP contribution in [0.3, 0.4) is 0 Å². The smallest absolute Gasteiger partial charge is 0.226 e. The Labute approximate surface area is 140 Å². The molecule has 0 spiro atoms.